The summed E-state index contributed by atoms with van der Waals surface area (Å²) in [6.45, 7) is 0. The lowest BCUT2D eigenvalue weighted by molar-refractivity contribution is -0.111. The van der Waals surface area contributed by atoms with Crippen molar-refractivity contribution in [1.29, 1.82) is 0 Å². The van der Waals surface area contributed by atoms with Gasteiger partial charge in [-0.05, 0) is 11.6 Å². The maximum atomic E-state index is 10.1. The number of rotatable bonds is 4. The van der Waals surface area contributed by atoms with Gasteiger partial charge in [-0.3, -0.25) is 4.79 Å². The lowest BCUT2D eigenvalue weighted by Crippen LogP contribution is -2.01. The summed E-state index contributed by atoms with van der Waals surface area (Å²) in [6, 6.07) is 0.806. The summed E-state index contributed by atoms with van der Waals surface area (Å²) in [5.41, 5.74) is 0. The predicted octanol–water partition coefficient (Wildman–Crippen LogP) is 1.49. The molecule has 0 saturated heterocycles. The fourth-order valence-corrected chi connectivity index (χ4v) is 2.51. The molecule has 0 aliphatic rings. The van der Waals surface area contributed by atoms with E-state index in [4.69, 9.17) is 34.8 Å². The van der Waals surface area contributed by atoms with Gasteiger partial charge in [0.05, 0.1) is 14.0 Å². The molecule has 0 spiro atoms. The highest BCUT2D eigenvalue weighted by Gasteiger charge is 2.01. The van der Waals surface area contributed by atoms with Crippen LogP contribution in [0.25, 0.3) is 0 Å². The second kappa shape index (κ2) is 5.53. The molecule has 0 rings (SSSR count). The van der Waals surface area contributed by atoms with E-state index in [9.17, 15) is 4.79 Å². The first kappa shape index (κ1) is 9.76. The van der Waals surface area contributed by atoms with Crippen LogP contribution in [0.4, 0.5) is 0 Å². The minimum absolute atomic E-state index is 0.235. The number of alkyl halides is 2. The fraction of sp³-hybridized carbons (Fsp3) is 0.750. The molecule has 0 saturated carbocycles. The lowest BCUT2D eigenvalue weighted by atomic mass is 10.5. The molecule has 0 amide bonds. The van der Waals surface area contributed by atoms with Crippen LogP contribution >= 0.6 is 34.8 Å². The molecule has 0 radical (unpaired) electrons. The first-order valence-corrected chi connectivity index (χ1v) is 5.66. The predicted molar refractivity (Wildman–Crippen MR) is 44.3 cm³/mol. The Kier molecular flexibility index (Phi) is 6.00. The van der Waals surface area contributed by atoms with Gasteiger partial charge >= 0.3 is 0 Å². The van der Waals surface area contributed by atoms with Crippen LogP contribution in [0.2, 0.25) is 6.04 Å². The van der Waals surface area contributed by atoms with Crippen LogP contribution in [0.15, 0.2) is 0 Å². The van der Waals surface area contributed by atoms with Gasteiger partial charge in [-0.25, -0.2) is 0 Å². The summed E-state index contributed by atoms with van der Waals surface area (Å²) < 4.78 is -0.235. The minimum atomic E-state index is -0.471. The minimum Gasteiger partial charge on any atom is -0.281 e. The van der Waals surface area contributed by atoms with Crippen LogP contribution in [0.3, 0.4) is 0 Å². The maximum Gasteiger partial charge on any atom is 0.221 e. The van der Waals surface area contributed by atoms with Crippen LogP contribution in [-0.2, 0) is 4.79 Å². The largest absolute Gasteiger partial charge is 0.281 e. The summed E-state index contributed by atoms with van der Waals surface area (Å²) in [5.74, 6) is 0. The highest BCUT2D eigenvalue weighted by atomic mass is 35.5. The third-order valence-electron chi connectivity index (χ3n) is 0.796. The van der Waals surface area contributed by atoms with Crippen molar-refractivity contribution in [3.05, 3.63) is 0 Å². The third-order valence-corrected chi connectivity index (χ3v) is 3.49. The molecule has 0 fully saturated rings. The van der Waals surface area contributed by atoms with Crippen LogP contribution in [0, 0.1) is 0 Å². The van der Waals surface area contributed by atoms with Gasteiger partial charge in [0.2, 0.25) is 5.24 Å². The second-order valence-corrected chi connectivity index (χ2v) is 6.47. The van der Waals surface area contributed by atoms with Crippen molar-refractivity contribution in [2.75, 3.05) is 0 Å². The van der Waals surface area contributed by atoms with Crippen molar-refractivity contribution in [1.82, 2.24) is 0 Å². The summed E-state index contributed by atoms with van der Waals surface area (Å²) >= 11 is 15.9. The summed E-state index contributed by atoms with van der Waals surface area (Å²) in [5, 5.41) is -0.295. The summed E-state index contributed by atoms with van der Waals surface area (Å²) in [4.78, 5) is 10.1. The highest BCUT2D eigenvalue weighted by molar-refractivity contribution is 6.69. The first-order chi connectivity index (χ1) is 4.13. The molecular weight excluding hydrogens is 198 g/mol. The van der Waals surface area contributed by atoms with Crippen LogP contribution in [0.5, 0.6) is 0 Å². The maximum absolute atomic E-state index is 10.1. The Morgan fingerprint density at radius 1 is 1.56 bits per heavy atom. The smallest absolute Gasteiger partial charge is 0.221 e. The molecule has 1 nitrogen and oxygen atoms in total. The van der Waals surface area contributed by atoms with Crippen molar-refractivity contribution in [3.63, 3.8) is 0 Å². The van der Waals surface area contributed by atoms with E-state index in [1.54, 1.807) is 0 Å². The number of hydrogen-bond acceptors (Lipinski definition) is 1. The van der Waals surface area contributed by atoms with Crippen molar-refractivity contribution in [2.45, 2.75) is 16.9 Å². The molecule has 9 heavy (non-hydrogen) atoms. The van der Waals surface area contributed by atoms with E-state index in [2.05, 4.69) is 0 Å². The number of hydrogen-bond donors (Lipinski definition) is 0. The summed E-state index contributed by atoms with van der Waals surface area (Å²) in [6.07, 6.45) is 0.420. The van der Waals surface area contributed by atoms with Crippen molar-refractivity contribution in [3.8, 4) is 0 Å². The molecule has 0 aromatic heterocycles. The zero-order valence-corrected chi connectivity index (χ0v) is 8.42. The molecule has 0 atom stereocenters. The molecule has 0 aliphatic carbocycles. The second-order valence-electron chi connectivity index (χ2n) is 1.64. The van der Waals surface area contributed by atoms with Gasteiger partial charge in [0.15, 0.2) is 0 Å². The quantitative estimate of drug-likeness (QED) is 0.386. The monoisotopic (exact) mass is 204 g/mol. The lowest BCUT2D eigenvalue weighted by Gasteiger charge is -1.94. The number of halogens is 3. The molecule has 54 valence electrons. The molecule has 0 N–H and O–H groups in total. The SMILES string of the molecule is O=C(Cl)CC[SiH2]C(Cl)Cl. The number of carbonyl (C=O) groups excluding carboxylic acids is 1. The number of carbonyl (C=O) groups is 1. The van der Waals surface area contributed by atoms with E-state index in [1.165, 1.54) is 0 Å². The summed E-state index contributed by atoms with van der Waals surface area (Å²) in [7, 11) is -0.471. The van der Waals surface area contributed by atoms with Gasteiger partial charge < -0.3 is 0 Å². The molecule has 0 aliphatic heterocycles. The van der Waals surface area contributed by atoms with Gasteiger partial charge in [0.25, 0.3) is 0 Å². The van der Waals surface area contributed by atoms with Gasteiger partial charge in [-0.2, -0.15) is 0 Å². The average molecular weight is 206 g/mol. The highest BCUT2D eigenvalue weighted by Crippen LogP contribution is 2.04. The fourth-order valence-electron chi connectivity index (χ4n) is 0.395. The van der Waals surface area contributed by atoms with E-state index < -0.39 is 9.52 Å². The van der Waals surface area contributed by atoms with Crippen LogP contribution in [-0.4, -0.2) is 19.2 Å². The van der Waals surface area contributed by atoms with Crippen molar-refractivity contribution < 1.29 is 4.79 Å². The molecule has 0 aromatic carbocycles. The molecule has 0 unspecified atom stereocenters. The van der Waals surface area contributed by atoms with E-state index in [0.717, 1.165) is 6.04 Å². The zero-order chi connectivity index (χ0) is 7.28. The molecule has 0 aromatic rings. The Labute approximate surface area is 71.5 Å². The Balaban J connectivity index is 3.01. The van der Waals surface area contributed by atoms with Gasteiger partial charge in [0.1, 0.15) is 0 Å². The molecule has 0 bridgehead atoms. The Morgan fingerprint density at radius 3 is 2.44 bits per heavy atom. The van der Waals surface area contributed by atoms with E-state index in [-0.39, 0.29) is 9.70 Å². The third kappa shape index (κ3) is 8.76. The topological polar surface area (TPSA) is 17.1 Å². The standard InChI is InChI=1S/C4H7Cl3OSi/c5-3(8)1-2-9-4(6)7/h4H,1-2,9H2. The molecule has 5 heteroatoms. The van der Waals surface area contributed by atoms with Gasteiger partial charge in [-0.15, -0.1) is 23.2 Å². The van der Waals surface area contributed by atoms with Gasteiger partial charge in [-0.1, -0.05) is 6.04 Å². The van der Waals surface area contributed by atoms with Crippen LogP contribution in [0.1, 0.15) is 6.42 Å². The van der Waals surface area contributed by atoms with Crippen molar-refractivity contribution >= 4 is 49.6 Å². The average Bonchev–Trinajstić information content (AvgIpc) is 1.63. The van der Waals surface area contributed by atoms with E-state index in [1.807, 2.05) is 0 Å². The Bertz CT molecular complexity index is 95.8. The normalized spacial score (nSPS) is 11.6. The van der Waals surface area contributed by atoms with Crippen molar-refractivity contribution in [2.24, 2.45) is 0 Å². The molecular formula is C4H7Cl3OSi. The molecule has 0 heterocycles. The Morgan fingerprint density at radius 2 is 2.11 bits per heavy atom. The first-order valence-electron chi connectivity index (χ1n) is 2.59. The van der Waals surface area contributed by atoms with E-state index in [0.29, 0.717) is 6.42 Å². The van der Waals surface area contributed by atoms with Gasteiger partial charge in [0, 0.05) is 6.42 Å². The zero-order valence-electron chi connectivity index (χ0n) is 4.74. The van der Waals surface area contributed by atoms with Crippen LogP contribution < -0.4 is 0 Å². The Hall–Kier alpha value is 0.757. The van der Waals surface area contributed by atoms with E-state index >= 15 is 0 Å².